The van der Waals surface area contributed by atoms with E-state index >= 15 is 0 Å². The van der Waals surface area contributed by atoms with Gasteiger partial charge >= 0.3 is 0 Å². The summed E-state index contributed by atoms with van der Waals surface area (Å²) in [6.45, 7) is 9.83. The average Bonchev–Trinajstić information content (AvgIpc) is 3.11. The van der Waals surface area contributed by atoms with Crippen molar-refractivity contribution in [3.63, 3.8) is 0 Å². The van der Waals surface area contributed by atoms with Crippen molar-refractivity contribution < 1.29 is 9.53 Å². The Bertz CT molecular complexity index is 484. The van der Waals surface area contributed by atoms with E-state index in [-0.39, 0.29) is 5.91 Å². The molecular formula is C20H32N2O2. The first-order chi connectivity index (χ1) is 11.6. The Kier molecular flexibility index (Phi) is 7.73. The van der Waals surface area contributed by atoms with Crippen LogP contribution < -0.4 is 5.32 Å². The highest BCUT2D eigenvalue weighted by molar-refractivity contribution is 5.80. The molecule has 0 spiro atoms. The number of nitrogens with one attached hydrogen (secondary N) is 1. The molecule has 0 radical (unpaired) electrons. The van der Waals surface area contributed by atoms with Gasteiger partial charge in [-0.2, -0.15) is 0 Å². The number of benzene rings is 1. The number of hydrogen-bond donors (Lipinski definition) is 1. The highest BCUT2D eigenvalue weighted by Crippen LogP contribution is 2.17. The fourth-order valence-electron chi connectivity index (χ4n) is 3.25. The lowest BCUT2D eigenvalue weighted by atomic mass is 10.0. The van der Waals surface area contributed by atoms with Gasteiger partial charge in [-0.1, -0.05) is 44.2 Å². The topological polar surface area (TPSA) is 41.6 Å². The van der Waals surface area contributed by atoms with Gasteiger partial charge in [-0.3, -0.25) is 9.69 Å². The molecule has 0 aromatic heterocycles. The molecule has 1 saturated heterocycles. The molecule has 1 aliphatic rings. The number of rotatable bonds is 9. The highest BCUT2D eigenvalue weighted by Gasteiger charge is 2.24. The van der Waals surface area contributed by atoms with E-state index in [1.54, 1.807) is 0 Å². The normalized spacial score (nSPS) is 17.8. The fraction of sp³-hybridized carbons (Fsp3) is 0.650. The number of likely N-dealkylation sites (tertiary alicyclic amines) is 1. The first-order valence-electron chi connectivity index (χ1n) is 9.23. The number of ether oxygens (including phenoxy) is 1. The van der Waals surface area contributed by atoms with Crippen LogP contribution in [0.5, 0.6) is 0 Å². The number of hydrogen-bond acceptors (Lipinski definition) is 3. The van der Waals surface area contributed by atoms with Crippen molar-refractivity contribution in [1.82, 2.24) is 10.2 Å². The quantitative estimate of drug-likeness (QED) is 0.755. The van der Waals surface area contributed by atoms with Crippen LogP contribution in [0.2, 0.25) is 0 Å². The molecule has 0 unspecified atom stereocenters. The van der Waals surface area contributed by atoms with Gasteiger partial charge in [0.2, 0.25) is 5.91 Å². The molecule has 1 amide bonds. The van der Waals surface area contributed by atoms with Crippen molar-refractivity contribution in [1.29, 1.82) is 0 Å². The molecule has 2 rings (SSSR count). The van der Waals surface area contributed by atoms with Gasteiger partial charge in [0.25, 0.3) is 0 Å². The van der Waals surface area contributed by atoms with Crippen LogP contribution >= 0.6 is 0 Å². The number of carbonyl (C=O) groups is 1. The van der Waals surface area contributed by atoms with Crippen LogP contribution in [0.25, 0.3) is 0 Å². The largest absolute Gasteiger partial charge is 0.364 e. The number of carbonyl (C=O) groups excluding carboxylic acids is 1. The van der Waals surface area contributed by atoms with Gasteiger partial charge in [-0.05, 0) is 50.8 Å². The summed E-state index contributed by atoms with van der Waals surface area (Å²) in [6, 6.07) is 10.4. The summed E-state index contributed by atoms with van der Waals surface area (Å²) in [4.78, 5) is 14.8. The molecule has 1 aromatic rings. The Morgan fingerprint density at radius 3 is 2.46 bits per heavy atom. The Morgan fingerprint density at radius 2 is 1.83 bits per heavy atom. The van der Waals surface area contributed by atoms with E-state index in [1.807, 2.05) is 37.3 Å². The Hall–Kier alpha value is -1.39. The van der Waals surface area contributed by atoms with Crippen LogP contribution in [0.15, 0.2) is 30.3 Å². The molecule has 24 heavy (non-hydrogen) atoms. The maximum absolute atomic E-state index is 12.3. The van der Waals surface area contributed by atoms with Crippen LogP contribution in [0.4, 0.5) is 0 Å². The maximum atomic E-state index is 12.3. The predicted molar refractivity (Wildman–Crippen MR) is 97.8 cm³/mol. The minimum absolute atomic E-state index is 0.0149. The van der Waals surface area contributed by atoms with Gasteiger partial charge < -0.3 is 10.1 Å². The summed E-state index contributed by atoms with van der Waals surface area (Å²) < 4.78 is 5.70. The van der Waals surface area contributed by atoms with Gasteiger partial charge in [-0.15, -0.1) is 0 Å². The van der Waals surface area contributed by atoms with Crippen LogP contribution in [0.3, 0.4) is 0 Å². The van der Waals surface area contributed by atoms with Crippen molar-refractivity contribution in [2.75, 3.05) is 19.6 Å². The van der Waals surface area contributed by atoms with E-state index in [4.69, 9.17) is 4.74 Å². The summed E-state index contributed by atoms with van der Waals surface area (Å²) in [5, 5.41) is 3.10. The number of nitrogens with zero attached hydrogens (tertiary/aromatic N) is 1. The molecule has 2 atom stereocenters. The van der Waals surface area contributed by atoms with E-state index in [2.05, 4.69) is 24.1 Å². The Morgan fingerprint density at radius 1 is 1.17 bits per heavy atom. The molecule has 1 aromatic carbocycles. The summed E-state index contributed by atoms with van der Waals surface area (Å²) in [6.07, 6.45) is 3.25. The Balaban J connectivity index is 1.76. The van der Waals surface area contributed by atoms with Crippen molar-refractivity contribution in [3.8, 4) is 0 Å². The third kappa shape index (κ3) is 6.25. The molecule has 4 nitrogen and oxygen atoms in total. The van der Waals surface area contributed by atoms with Gasteiger partial charge in [0.15, 0.2) is 0 Å². The molecule has 4 heteroatoms. The lowest BCUT2D eigenvalue weighted by Gasteiger charge is -2.29. The minimum atomic E-state index is -0.427. The standard InChI is InChI=1S/C20H32N2O2/c1-16(2)13-19(22-11-7-8-12-22)14-21-20(23)17(3)24-15-18-9-5-4-6-10-18/h4-6,9-10,16-17,19H,7-8,11-15H2,1-3H3,(H,21,23)/t17-,19-/m1/s1. The average molecular weight is 332 g/mol. The molecule has 0 aliphatic carbocycles. The summed E-state index contributed by atoms with van der Waals surface area (Å²) in [7, 11) is 0. The van der Waals surface area contributed by atoms with Gasteiger partial charge in [0.1, 0.15) is 6.10 Å². The van der Waals surface area contributed by atoms with Gasteiger partial charge in [0, 0.05) is 12.6 Å². The number of amides is 1. The minimum Gasteiger partial charge on any atom is -0.364 e. The zero-order chi connectivity index (χ0) is 17.4. The zero-order valence-corrected chi connectivity index (χ0v) is 15.3. The summed E-state index contributed by atoms with van der Waals surface area (Å²) in [5.74, 6) is 0.623. The van der Waals surface area contributed by atoms with E-state index in [1.165, 1.54) is 12.8 Å². The van der Waals surface area contributed by atoms with Crippen molar-refractivity contribution in [3.05, 3.63) is 35.9 Å². The summed E-state index contributed by atoms with van der Waals surface area (Å²) >= 11 is 0. The second kappa shape index (κ2) is 9.80. The molecule has 0 saturated carbocycles. The van der Waals surface area contributed by atoms with E-state index < -0.39 is 6.10 Å². The molecule has 1 fully saturated rings. The first-order valence-corrected chi connectivity index (χ1v) is 9.23. The second-order valence-corrected chi connectivity index (χ2v) is 7.21. The van der Waals surface area contributed by atoms with Crippen LogP contribution in [-0.4, -0.2) is 42.6 Å². The van der Waals surface area contributed by atoms with Gasteiger partial charge in [0.05, 0.1) is 6.61 Å². The SMILES string of the molecule is CC(C)C[C@H](CNC(=O)[C@@H](C)OCc1ccccc1)N1CCCC1. The Labute approximate surface area is 146 Å². The van der Waals surface area contributed by atoms with Crippen LogP contribution in [0, 0.1) is 5.92 Å². The second-order valence-electron chi connectivity index (χ2n) is 7.21. The smallest absolute Gasteiger partial charge is 0.248 e. The molecule has 1 heterocycles. The molecule has 1 N–H and O–H groups in total. The molecule has 0 bridgehead atoms. The molecular weight excluding hydrogens is 300 g/mol. The van der Waals surface area contributed by atoms with Gasteiger partial charge in [-0.25, -0.2) is 0 Å². The summed E-state index contributed by atoms with van der Waals surface area (Å²) in [5.41, 5.74) is 1.09. The lowest BCUT2D eigenvalue weighted by molar-refractivity contribution is -0.132. The van der Waals surface area contributed by atoms with Crippen LogP contribution in [-0.2, 0) is 16.1 Å². The van der Waals surface area contributed by atoms with E-state index in [0.717, 1.165) is 31.6 Å². The zero-order valence-electron chi connectivity index (χ0n) is 15.3. The van der Waals surface area contributed by atoms with E-state index in [9.17, 15) is 4.79 Å². The predicted octanol–water partition coefficient (Wildman–Crippen LogP) is 3.22. The van der Waals surface area contributed by atoms with E-state index in [0.29, 0.717) is 18.6 Å². The molecule has 1 aliphatic heterocycles. The van der Waals surface area contributed by atoms with Crippen LogP contribution in [0.1, 0.15) is 45.6 Å². The maximum Gasteiger partial charge on any atom is 0.248 e. The van der Waals surface area contributed by atoms with Crippen molar-refractivity contribution >= 4 is 5.91 Å². The third-order valence-electron chi connectivity index (χ3n) is 4.62. The monoisotopic (exact) mass is 332 g/mol. The highest BCUT2D eigenvalue weighted by atomic mass is 16.5. The van der Waals surface area contributed by atoms with Crippen molar-refractivity contribution in [2.45, 2.75) is 58.8 Å². The van der Waals surface area contributed by atoms with Crippen molar-refractivity contribution in [2.24, 2.45) is 5.92 Å². The fourth-order valence-corrected chi connectivity index (χ4v) is 3.25. The third-order valence-corrected chi connectivity index (χ3v) is 4.62. The first kappa shape index (κ1) is 18.9. The molecule has 134 valence electrons. The lowest BCUT2D eigenvalue weighted by Crippen LogP contribution is -2.45.